The van der Waals surface area contributed by atoms with Crippen molar-refractivity contribution in [3.8, 4) is 28.4 Å². The van der Waals surface area contributed by atoms with Crippen molar-refractivity contribution in [1.82, 2.24) is 24.9 Å². The molecule has 4 fully saturated rings. The van der Waals surface area contributed by atoms with Crippen molar-refractivity contribution in [1.29, 1.82) is 0 Å². The van der Waals surface area contributed by atoms with Crippen LogP contribution >= 0.6 is 0 Å². The quantitative estimate of drug-likeness (QED) is 0.104. The van der Waals surface area contributed by atoms with E-state index in [0.717, 1.165) is 30.3 Å². The van der Waals surface area contributed by atoms with Gasteiger partial charge in [-0.2, -0.15) is 13.5 Å². The second-order valence-electron chi connectivity index (χ2n) is 18.1. The number of methoxy groups -OCH3 is 2. The molecule has 1 aromatic heterocycles. The maximum atomic E-state index is 15.0. The zero-order valence-corrected chi connectivity index (χ0v) is 37.9. The summed E-state index contributed by atoms with van der Waals surface area (Å²) in [5.41, 5.74) is 1.36. The number of nitrogens with one attached hydrogen (secondary N) is 1. The molecule has 4 aliphatic rings. The van der Waals surface area contributed by atoms with E-state index in [2.05, 4.69) is 10.2 Å². The lowest BCUT2D eigenvalue weighted by atomic mass is 9.48. The molecule has 0 aliphatic heterocycles. The molecule has 4 aliphatic carbocycles. The highest BCUT2D eigenvalue weighted by Gasteiger charge is 2.63. The van der Waals surface area contributed by atoms with E-state index in [1.54, 1.807) is 73.3 Å². The number of hydrogen-bond acceptors (Lipinski definition) is 10. The van der Waals surface area contributed by atoms with Crippen molar-refractivity contribution in [2.24, 2.45) is 23.7 Å². The first-order chi connectivity index (χ1) is 30.1. The van der Waals surface area contributed by atoms with E-state index in [-0.39, 0.29) is 34.3 Å². The summed E-state index contributed by atoms with van der Waals surface area (Å²) in [6.45, 7) is 5.51. The molecule has 0 saturated heterocycles. The average Bonchev–Trinajstić information content (AvgIpc) is 3.71. The predicted octanol–water partition coefficient (Wildman–Crippen LogP) is 7.71. The Labute approximate surface area is 369 Å². The van der Waals surface area contributed by atoms with Gasteiger partial charge in [-0.1, -0.05) is 50.2 Å². The van der Waals surface area contributed by atoms with Crippen LogP contribution < -0.4 is 14.8 Å². The summed E-state index contributed by atoms with van der Waals surface area (Å²) in [6.07, 6.45) is 4.57. The summed E-state index contributed by atoms with van der Waals surface area (Å²) < 4.78 is 46.9. The van der Waals surface area contributed by atoms with Gasteiger partial charge in [0.05, 0.1) is 31.2 Å². The Morgan fingerprint density at radius 3 is 2.08 bits per heavy atom. The van der Waals surface area contributed by atoms with Crippen molar-refractivity contribution in [2.45, 2.75) is 68.7 Å². The van der Waals surface area contributed by atoms with Gasteiger partial charge in [-0.25, -0.2) is 9.48 Å². The van der Waals surface area contributed by atoms with Gasteiger partial charge in [0, 0.05) is 19.2 Å². The molecule has 4 saturated carbocycles. The minimum Gasteiger partial charge on any atom is -0.496 e. The molecule has 5 aromatic rings. The smallest absolute Gasteiger partial charge is 0.348 e. The molecule has 4 aromatic carbocycles. The van der Waals surface area contributed by atoms with Crippen molar-refractivity contribution >= 4 is 38.7 Å². The number of carbonyl (C=O) groups is 3. The van der Waals surface area contributed by atoms with E-state index >= 15 is 0 Å². The molecule has 2 amide bonds. The highest BCUT2D eigenvalue weighted by molar-refractivity contribution is 7.87. The van der Waals surface area contributed by atoms with E-state index in [1.807, 2.05) is 58.3 Å². The second kappa shape index (κ2) is 17.4. The number of ether oxygens (including phenoxy) is 2. The van der Waals surface area contributed by atoms with Crippen LogP contribution in [0.3, 0.4) is 0 Å². The molecule has 0 unspecified atom stereocenters. The summed E-state index contributed by atoms with van der Waals surface area (Å²) in [4.78, 5) is 47.2. The van der Waals surface area contributed by atoms with Gasteiger partial charge in [-0.05, 0) is 154 Å². The summed E-state index contributed by atoms with van der Waals surface area (Å²) in [5, 5.41) is 9.63. The van der Waals surface area contributed by atoms with Crippen molar-refractivity contribution in [3.05, 3.63) is 102 Å². The van der Waals surface area contributed by atoms with Crippen LogP contribution in [0.4, 0.5) is 0 Å². The fourth-order valence-corrected chi connectivity index (χ4v) is 11.5. The van der Waals surface area contributed by atoms with E-state index in [9.17, 15) is 22.8 Å². The Bertz CT molecular complexity index is 2620. The Hall–Kier alpha value is -5.73. The number of aromatic nitrogens is 2. The average molecular weight is 876 g/mol. The highest BCUT2D eigenvalue weighted by atomic mass is 32.2. The van der Waals surface area contributed by atoms with Crippen LogP contribution in [0.15, 0.2) is 89.8 Å². The number of fused-ring (bicyclic) bond motifs is 1. The first kappa shape index (κ1) is 43.9. The lowest BCUT2D eigenvalue weighted by molar-refractivity contribution is -0.159. The summed E-state index contributed by atoms with van der Waals surface area (Å²) in [5.74, 6) is -0.744. The fourth-order valence-electron chi connectivity index (χ4n) is 10.6. The Kier molecular flexibility index (Phi) is 12.2. The molecular formula is C49H57N5O8S. The minimum absolute atomic E-state index is 0.00758. The summed E-state index contributed by atoms with van der Waals surface area (Å²) in [6, 6.07) is 24.5. The largest absolute Gasteiger partial charge is 0.496 e. The standard InChI is InChI=1S/C49H57N5O8S/c1-30(2)39-28-35(47(56)53(5)21-11-20-52(3)4)17-19-41(39)54-42(45-43(60-6)14-10-15-44(45)61-7)29-40(51-54)46(55)50-49(36-23-31-22-32(25-36)26-37(49)24-31)48(57)62-63(58,59)38-18-16-33-12-8-9-13-34(33)27-38/h8-10,12-19,27-32,36-37H,11,20-26H2,1-7H3,(H,50,55). The number of carbonyl (C=O) groups excluding carboxylic acids is 3. The van der Waals surface area contributed by atoms with Gasteiger partial charge in [-0.3, -0.25) is 9.59 Å². The van der Waals surface area contributed by atoms with E-state index in [4.69, 9.17) is 18.8 Å². The molecule has 13 nitrogen and oxygen atoms in total. The van der Waals surface area contributed by atoms with Crippen molar-refractivity contribution < 1.29 is 36.5 Å². The zero-order chi connectivity index (χ0) is 44.8. The molecule has 1 heterocycles. The number of benzene rings is 4. The van der Waals surface area contributed by atoms with Crippen LogP contribution in [-0.2, 0) is 19.1 Å². The Balaban J connectivity index is 1.20. The number of hydrogen-bond donors (Lipinski definition) is 1. The van der Waals surface area contributed by atoms with Gasteiger partial charge >= 0.3 is 16.1 Å². The second-order valence-corrected chi connectivity index (χ2v) is 19.7. The molecule has 0 radical (unpaired) electrons. The first-order valence-electron chi connectivity index (χ1n) is 21.8. The van der Waals surface area contributed by atoms with Gasteiger partial charge in [0.2, 0.25) is 0 Å². The molecule has 0 atom stereocenters. The van der Waals surface area contributed by atoms with Gasteiger partial charge in [-0.15, -0.1) is 0 Å². The fraction of sp³-hybridized carbons (Fsp3) is 0.429. The molecule has 4 bridgehead atoms. The molecule has 1 N–H and O–H groups in total. The van der Waals surface area contributed by atoms with Gasteiger partial charge in [0.25, 0.3) is 11.8 Å². The zero-order valence-electron chi connectivity index (χ0n) is 37.1. The molecular weight excluding hydrogens is 819 g/mol. The lowest BCUT2D eigenvalue weighted by Gasteiger charge is -2.59. The third-order valence-electron chi connectivity index (χ3n) is 13.5. The van der Waals surface area contributed by atoms with Gasteiger partial charge in [0.1, 0.15) is 21.9 Å². The van der Waals surface area contributed by atoms with Gasteiger partial charge in [0.15, 0.2) is 5.69 Å². The normalized spacial score (nSPS) is 21.5. The molecule has 332 valence electrons. The molecule has 0 spiro atoms. The van der Waals surface area contributed by atoms with E-state index in [1.165, 1.54) is 12.1 Å². The maximum absolute atomic E-state index is 15.0. The lowest BCUT2D eigenvalue weighted by Crippen LogP contribution is -2.70. The molecule has 14 heteroatoms. The van der Waals surface area contributed by atoms with Crippen LogP contribution in [0, 0.1) is 23.7 Å². The highest BCUT2D eigenvalue weighted by Crippen LogP contribution is 2.59. The van der Waals surface area contributed by atoms with Crippen LogP contribution in [0.5, 0.6) is 11.5 Å². The third-order valence-corrected chi connectivity index (χ3v) is 14.7. The predicted molar refractivity (Wildman–Crippen MR) is 241 cm³/mol. The number of amides is 2. The third kappa shape index (κ3) is 8.30. The Morgan fingerprint density at radius 2 is 1.46 bits per heavy atom. The monoisotopic (exact) mass is 875 g/mol. The first-order valence-corrected chi connectivity index (χ1v) is 23.2. The van der Waals surface area contributed by atoms with E-state index < -0.39 is 27.5 Å². The Morgan fingerprint density at radius 1 is 0.810 bits per heavy atom. The van der Waals surface area contributed by atoms with Crippen LogP contribution in [-0.4, -0.2) is 99.8 Å². The maximum Gasteiger partial charge on any atom is 0.348 e. The van der Waals surface area contributed by atoms with Crippen LogP contribution in [0.1, 0.15) is 84.7 Å². The number of nitrogens with zero attached hydrogens (tertiary/aromatic N) is 4. The minimum atomic E-state index is -4.58. The topological polar surface area (TPSA) is 149 Å². The van der Waals surface area contributed by atoms with Crippen molar-refractivity contribution in [3.63, 3.8) is 0 Å². The summed E-state index contributed by atoms with van der Waals surface area (Å²) >= 11 is 0. The SMILES string of the molecule is COc1cccc(OC)c1-c1cc(C(=O)NC2(C(=O)OS(=O)(=O)c3ccc4ccccc4c3)C3CC4CC(C3)CC2C4)nn1-c1ccc(C(=O)N(C)CCCN(C)C)cc1C(C)C. The van der Waals surface area contributed by atoms with Gasteiger partial charge < -0.3 is 28.8 Å². The molecule has 63 heavy (non-hydrogen) atoms. The number of rotatable bonds is 15. The summed E-state index contributed by atoms with van der Waals surface area (Å²) in [7, 11) is 4.34. The van der Waals surface area contributed by atoms with Crippen LogP contribution in [0.25, 0.3) is 27.7 Å². The van der Waals surface area contributed by atoms with Crippen molar-refractivity contribution in [2.75, 3.05) is 48.5 Å². The molecule has 9 rings (SSSR count). The van der Waals surface area contributed by atoms with Crippen LogP contribution in [0.2, 0.25) is 0 Å². The van der Waals surface area contributed by atoms with E-state index in [0.29, 0.717) is 83.5 Å².